The minimum atomic E-state index is -0.858. The fourth-order valence-corrected chi connectivity index (χ4v) is 2.68. The number of carboxylic acid groups (broad SMARTS) is 1. The molecule has 2 rings (SSSR count). The lowest BCUT2D eigenvalue weighted by Crippen LogP contribution is -2.44. The van der Waals surface area contributed by atoms with Crippen molar-refractivity contribution in [2.75, 3.05) is 18.4 Å². The number of piperidine rings is 1. The van der Waals surface area contributed by atoms with E-state index in [-0.39, 0.29) is 12.6 Å². The Labute approximate surface area is 130 Å². The van der Waals surface area contributed by atoms with Crippen molar-refractivity contribution >= 4 is 45.2 Å². The van der Waals surface area contributed by atoms with Crippen LogP contribution in [0.4, 0.5) is 10.5 Å². The van der Waals surface area contributed by atoms with Gasteiger partial charge in [0.15, 0.2) is 0 Å². The van der Waals surface area contributed by atoms with Crippen molar-refractivity contribution in [1.82, 2.24) is 4.90 Å². The number of rotatable bonds is 2. The molecule has 1 unspecified atom stereocenters. The number of carbonyl (C=O) groups excluding carboxylic acids is 1. The van der Waals surface area contributed by atoms with E-state index in [0.29, 0.717) is 30.1 Å². The van der Waals surface area contributed by atoms with Crippen molar-refractivity contribution in [3.05, 3.63) is 27.7 Å². The highest BCUT2D eigenvalue weighted by molar-refractivity contribution is 9.10. The standard InChI is InChI=1S/C13H14BrClN2O3/c14-9-3-4-10(15)11(6-9)16-13(20)17-5-1-2-8(7-17)12(18)19/h3-4,6,8H,1-2,5,7H2,(H,16,20)(H,18,19). The molecule has 1 aromatic carbocycles. The first-order chi connectivity index (χ1) is 9.47. The van der Waals surface area contributed by atoms with Gasteiger partial charge in [0.1, 0.15) is 0 Å². The molecule has 0 spiro atoms. The van der Waals surface area contributed by atoms with Gasteiger partial charge in [-0.05, 0) is 31.0 Å². The van der Waals surface area contributed by atoms with E-state index in [1.54, 1.807) is 18.2 Å². The van der Waals surface area contributed by atoms with Crippen LogP contribution in [0.3, 0.4) is 0 Å². The van der Waals surface area contributed by atoms with Gasteiger partial charge in [-0.15, -0.1) is 0 Å². The van der Waals surface area contributed by atoms with Crippen LogP contribution >= 0.6 is 27.5 Å². The lowest BCUT2D eigenvalue weighted by Gasteiger charge is -2.30. The van der Waals surface area contributed by atoms with E-state index in [1.165, 1.54) is 4.90 Å². The molecule has 1 saturated heterocycles. The molecule has 5 nitrogen and oxygen atoms in total. The predicted octanol–water partition coefficient (Wildman–Crippen LogP) is 3.43. The summed E-state index contributed by atoms with van der Waals surface area (Å²) in [5.41, 5.74) is 0.503. The smallest absolute Gasteiger partial charge is 0.321 e. The number of urea groups is 1. The topological polar surface area (TPSA) is 69.6 Å². The number of benzene rings is 1. The van der Waals surface area contributed by atoms with Crippen LogP contribution in [0.25, 0.3) is 0 Å². The fraction of sp³-hybridized carbons (Fsp3) is 0.385. The number of carboxylic acids is 1. The maximum atomic E-state index is 12.1. The minimum Gasteiger partial charge on any atom is -0.481 e. The van der Waals surface area contributed by atoms with Crippen LogP contribution < -0.4 is 5.32 Å². The lowest BCUT2D eigenvalue weighted by atomic mass is 9.99. The molecule has 2 N–H and O–H groups in total. The quantitative estimate of drug-likeness (QED) is 0.848. The monoisotopic (exact) mass is 360 g/mol. The number of aliphatic carboxylic acids is 1. The van der Waals surface area contributed by atoms with Crippen LogP contribution in [0.15, 0.2) is 22.7 Å². The van der Waals surface area contributed by atoms with Crippen molar-refractivity contribution < 1.29 is 14.7 Å². The fourth-order valence-electron chi connectivity index (χ4n) is 2.15. The van der Waals surface area contributed by atoms with Gasteiger partial charge >= 0.3 is 12.0 Å². The summed E-state index contributed by atoms with van der Waals surface area (Å²) < 4.78 is 0.805. The zero-order chi connectivity index (χ0) is 14.7. The van der Waals surface area contributed by atoms with Gasteiger partial charge in [0.05, 0.1) is 16.6 Å². The van der Waals surface area contributed by atoms with Gasteiger partial charge < -0.3 is 15.3 Å². The molecule has 1 aliphatic rings. The van der Waals surface area contributed by atoms with Crippen LogP contribution in [0, 0.1) is 5.92 Å². The summed E-state index contributed by atoms with van der Waals surface area (Å²) in [6.45, 7) is 0.786. The summed E-state index contributed by atoms with van der Waals surface area (Å²) >= 11 is 9.32. The van der Waals surface area contributed by atoms with Crippen LogP contribution in [-0.2, 0) is 4.79 Å². The molecule has 1 aliphatic heterocycles. The zero-order valence-electron chi connectivity index (χ0n) is 10.6. The van der Waals surface area contributed by atoms with E-state index in [1.807, 2.05) is 0 Å². The van der Waals surface area contributed by atoms with Gasteiger partial charge in [0, 0.05) is 17.6 Å². The number of hydrogen-bond acceptors (Lipinski definition) is 2. The van der Waals surface area contributed by atoms with E-state index in [2.05, 4.69) is 21.2 Å². The second-order valence-electron chi connectivity index (χ2n) is 4.68. The van der Waals surface area contributed by atoms with Crippen molar-refractivity contribution in [2.45, 2.75) is 12.8 Å². The molecule has 1 atom stereocenters. The summed E-state index contributed by atoms with van der Waals surface area (Å²) in [4.78, 5) is 24.7. The Bertz CT molecular complexity index is 538. The molecule has 0 bridgehead atoms. The average Bonchev–Trinajstić information content (AvgIpc) is 2.43. The Hall–Kier alpha value is -1.27. The first kappa shape index (κ1) is 15.1. The zero-order valence-corrected chi connectivity index (χ0v) is 12.9. The number of halogens is 2. The highest BCUT2D eigenvalue weighted by atomic mass is 79.9. The third-order valence-electron chi connectivity index (χ3n) is 3.23. The summed E-state index contributed by atoms with van der Waals surface area (Å²) in [5, 5.41) is 12.2. The summed E-state index contributed by atoms with van der Waals surface area (Å²) in [5.74, 6) is -1.35. The molecule has 20 heavy (non-hydrogen) atoms. The van der Waals surface area contributed by atoms with Crippen LogP contribution in [0.5, 0.6) is 0 Å². The Morgan fingerprint density at radius 1 is 1.45 bits per heavy atom. The minimum absolute atomic E-state index is 0.229. The summed E-state index contributed by atoms with van der Waals surface area (Å²) in [6.07, 6.45) is 1.30. The first-order valence-electron chi connectivity index (χ1n) is 6.21. The summed E-state index contributed by atoms with van der Waals surface area (Å²) in [6, 6.07) is 4.84. The molecule has 0 aliphatic carbocycles. The van der Waals surface area contributed by atoms with Crippen LogP contribution in [-0.4, -0.2) is 35.1 Å². The van der Waals surface area contributed by atoms with Crippen LogP contribution in [0.2, 0.25) is 5.02 Å². The molecule has 1 heterocycles. The number of nitrogens with zero attached hydrogens (tertiary/aromatic N) is 1. The number of carbonyl (C=O) groups is 2. The highest BCUT2D eigenvalue weighted by Gasteiger charge is 2.28. The maximum Gasteiger partial charge on any atom is 0.321 e. The second-order valence-corrected chi connectivity index (χ2v) is 6.00. The molecule has 108 valence electrons. The van der Waals surface area contributed by atoms with Crippen molar-refractivity contribution in [1.29, 1.82) is 0 Å². The second kappa shape index (κ2) is 6.45. The number of likely N-dealkylation sites (tertiary alicyclic amines) is 1. The normalized spacial score (nSPS) is 18.7. The van der Waals surface area contributed by atoms with Gasteiger partial charge in [0.25, 0.3) is 0 Å². The van der Waals surface area contributed by atoms with Gasteiger partial charge in [0.2, 0.25) is 0 Å². The first-order valence-corrected chi connectivity index (χ1v) is 7.38. The summed E-state index contributed by atoms with van der Waals surface area (Å²) in [7, 11) is 0. The van der Waals surface area contributed by atoms with E-state index in [9.17, 15) is 9.59 Å². The van der Waals surface area contributed by atoms with E-state index in [4.69, 9.17) is 16.7 Å². The number of amides is 2. The molecule has 1 aromatic rings. The number of nitrogens with one attached hydrogen (secondary N) is 1. The van der Waals surface area contributed by atoms with E-state index >= 15 is 0 Å². The van der Waals surface area contributed by atoms with Gasteiger partial charge in [-0.25, -0.2) is 4.79 Å². The molecule has 1 fully saturated rings. The van der Waals surface area contributed by atoms with Crippen molar-refractivity contribution in [2.24, 2.45) is 5.92 Å². The molecule has 0 aromatic heterocycles. The van der Waals surface area contributed by atoms with Crippen molar-refractivity contribution in [3.8, 4) is 0 Å². The predicted molar refractivity (Wildman–Crippen MR) is 80.1 cm³/mol. The Morgan fingerprint density at radius 3 is 2.90 bits per heavy atom. The van der Waals surface area contributed by atoms with Gasteiger partial charge in [-0.1, -0.05) is 27.5 Å². The molecular weight excluding hydrogens is 348 g/mol. The SMILES string of the molecule is O=C(O)C1CCCN(C(=O)Nc2cc(Br)ccc2Cl)C1. The molecule has 0 saturated carbocycles. The number of hydrogen-bond donors (Lipinski definition) is 2. The average molecular weight is 362 g/mol. The Morgan fingerprint density at radius 2 is 2.20 bits per heavy atom. The van der Waals surface area contributed by atoms with Crippen LogP contribution in [0.1, 0.15) is 12.8 Å². The third-order valence-corrected chi connectivity index (χ3v) is 4.05. The van der Waals surface area contributed by atoms with E-state index < -0.39 is 11.9 Å². The Balaban J connectivity index is 2.04. The molecule has 0 radical (unpaired) electrons. The van der Waals surface area contributed by atoms with Crippen molar-refractivity contribution in [3.63, 3.8) is 0 Å². The van der Waals surface area contributed by atoms with E-state index in [0.717, 1.165) is 4.47 Å². The third kappa shape index (κ3) is 3.64. The molecule has 7 heteroatoms. The Kier molecular flexibility index (Phi) is 4.88. The lowest BCUT2D eigenvalue weighted by molar-refractivity contribution is -0.143. The van der Waals surface area contributed by atoms with Gasteiger partial charge in [-0.3, -0.25) is 4.79 Å². The van der Waals surface area contributed by atoms with Gasteiger partial charge in [-0.2, -0.15) is 0 Å². The number of anilines is 1. The molecular formula is C13H14BrClN2O3. The largest absolute Gasteiger partial charge is 0.481 e. The maximum absolute atomic E-state index is 12.1. The molecule has 2 amide bonds. The highest BCUT2D eigenvalue weighted by Crippen LogP contribution is 2.26.